The summed E-state index contributed by atoms with van der Waals surface area (Å²) >= 11 is 0. The molecule has 0 bridgehead atoms. The van der Waals surface area contributed by atoms with Crippen molar-refractivity contribution in [1.29, 1.82) is 0 Å². The molecule has 2 aliphatic heterocycles. The molecule has 0 saturated heterocycles. The largest absolute Gasteiger partial charge is 0.486 e. The summed E-state index contributed by atoms with van der Waals surface area (Å²) in [5.41, 5.74) is 2.05. The van der Waals surface area contributed by atoms with E-state index in [-0.39, 0.29) is 12.5 Å². The molecule has 1 amide bonds. The molecule has 2 heterocycles. The van der Waals surface area contributed by atoms with Crippen molar-refractivity contribution in [2.75, 3.05) is 19.8 Å². The molecule has 0 aliphatic carbocycles. The first kappa shape index (κ1) is 12.5. The first-order valence-corrected chi connectivity index (χ1v) is 6.30. The highest BCUT2D eigenvalue weighted by Gasteiger charge is 2.27. The van der Waals surface area contributed by atoms with Crippen LogP contribution >= 0.6 is 0 Å². The second-order valence-electron chi connectivity index (χ2n) is 4.37. The average molecular weight is 275 g/mol. The number of fused-ring (bicyclic) bond motifs is 2. The van der Waals surface area contributed by atoms with Gasteiger partial charge in [-0.2, -0.15) is 0 Å². The summed E-state index contributed by atoms with van der Waals surface area (Å²) in [6.07, 6.45) is 2.35. The van der Waals surface area contributed by atoms with E-state index in [2.05, 4.69) is 10.1 Å². The molecule has 104 valence electrons. The zero-order valence-corrected chi connectivity index (χ0v) is 10.7. The van der Waals surface area contributed by atoms with Crippen LogP contribution in [0.3, 0.4) is 0 Å². The first-order chi connectivity index (χ1) is 9.79. The number of rotatable bonds is 4. The summed E-state index contributed by atoms with van der Waals surface area (Å²) in [4.78, 5) is 22.0. The molecule has 2 aliphatic rings. The van der Waals surface area contributed by atoms with Crippen molar-refractivity contribution < 1.29 is 23.8 Å². The lowest BCUT2D eigenvalue weighted by atomic mass is 10.1. The Kier molecular flexibility index (Phi) is 3.28. The summed E-state index contributed by atoms with van der Waals surface area (Å²) in [5, 5.41) is 2.79. The normalized spacial score (nSPS) is 17.6. The Bertz CT molecular complexity index is 593. The van der Waals surface area contributed by atoms with Crippen molar-refractivity contribution in [3.05, 3.63) is 29.3 Å². The monoisotopic (exact) mass is 275 g/mol. The summed E-state index contributed by atoms with van der Waals surface area (Å²) in [7, 11) is 0. The molecule has 0 aromatic heterocycles. The fourth-order valence-electron chi connectivity index (χ4n) is 2.24. The number of ether oxygens (including phenoxy) is 3. The highest BCUT2D eigenvalue weighted by molar-refractivity contribution is 6.09. The second-order valence-corrected chi connectivity index (χ2v) is 4.37. The topological polar surface area (TPSA) is 73.9 Å². The summed E-state index contributed by atoms with van der Waals surface area (Å²) in [5.74, 6) is 1.07. The number of carbonyl (C=O) groups excluding carboxylic acids is 2. The zero-order chi connectivity index (χ0) is 13.9. The molecule has 0 fully saturated rings. The van der Waals surface area contributed by atoms with Crippen molar-refractivity contribution in [2.24, 2.45) is 0 Å². The van der Waals surface area contributed by atoms with Crippen LogP contribution in [0, 0.1) is 0 Å². The maximum absolute atomic E-state index is 11.9. The van der Waals surface area contributed by atoms with Crippen LogP contribution in [-0.4, -0.2) is 32.2 Å². The molecular weight excluding hydrogens is 262 g/mol. The molecular formula is C14H13NO5. The van der Waals surface area contributed by atoms with E-state index >= 15 is 0 Å². The van der Waals surface area contributed by atoms with Crippen LogP contribution in [0.4, 0.5) is 0 Å². The van der Waals surface area contributed by atoms with Crippen molar-refractivity contribution in [3.63, 3.8) is 0 Å². The minimum Gasteiger partial charge on any atom is -0.486 e. The van der Waals surface area contributed by atoms with Gasteiger partial charge in [0.25, 0.3) is 12.4 Å². The van der Waals surface area contributed by atoms with Crippen molar-refractivity contribution in [3.8, 4) is 11.5 Å². The number of benzene rings is 1. The Labute approximate surface area is 115 Å². The molecule has 1 aromatic carbocycles. The standard InChI is InChI=1S/C14H13NO5/c16-8-18-3-1-2-11-9-6-12-13(20-5-4-19-12)7-10(9)14(17)15-11/h2,6-8H,1,3-5H2,(H,15,17)/b11-2-. The van der Waals surface area contributed by atoms with Crippen molar-refractivity contribution in [2.45, 2.75) is 6.42 Å². The number of carbonyl (C=O) groups is 2. The van der Waals surface area contributed by atoms with Gasteiger partial charge in [0.05, 0.1) is 12.2 Å². The smallest absolute Gasteiger partial charge is 0.293 e. The van der Waals surface area contributed by atoms with E-state index < -0.39 is 0 Å². The number of hydrogen-bond acceptors (Lipinski definition) is 5. The molecule has 0 atom stereocenters. The van der Waals surface area contributed by atoms with Gasteiger partial charge in [0.2, 0.25) is 0 Å². The Morgan fingerprint density at radius 1 is 1.20 bits per heavy atom. The van der Waals surface area contributed by atoms with Gasteiger partial charge in [0, 0.05) is 17.7 Å². The molecule has 0 spiro atoms. The summed E-state index contributed by atoms with van der Waals surface area (Å²) < 4.78 is 15.6. The summed E-state index contributed by atoms with van der Waals surface area (Å²) in [6, 6.07) is 3.50. The van der Waals surface area contributed by atoms with Gasteiger partial charge < -0.3 is 19.5 Å². The maximum atomic E-state index is 11.9. The van der Waals surface area contributed by atoms with E-state index in [1.165, 1.54) is 0 Å². The van der Waals surface area contributed by atoms with Gasteiger partial charge in [-0.3, -0.25) is 9.59 Å². The van der Waals surface area contributed by atoms with Crippen molar-refractivity contribution >= 4 is 18.1 Å². The number of nitrogens with one attached hydrogen (secondary N) is 1. The minimum absolute atomic E-state index is 0.167. The van der Waals surface area contributed by atoms with Gasteiger partial charge in [-0.1, -0.05) is 6.08 Å². The van der Waals surface area contributed by atoms with Gasteiger partial charge >= 0.3 is 0 Å². The highest BCUT2D eigenvalue weighted by Crippen LogP contribution is 2.37. The zero-order valence-electron chi connectivity index (χ0n) is 10.7. The van der Waals surface area contributed by atoms with Gasteiger partial charge in [-0.25, -0.2) is 0 Å². The summed E-state index contributed by atoms with van der Waals surface area (Å²) in [6.45, 7) is 1.67. The predicted molar refractivity (Wildman–Crippen MR) is 69.5 cm³/mol. The predicted octanol–water partition coefficient (Wildman–Crippen LogP) is 1.11. The Balaban J connectivity index is 1.89. The van der Waals surface area contributed by atoms with Crippen molar-refractivity contribution in [1.82, 2.24) is 5.32 Å². The number of hydrogen-bond donors (Lipinski definition) is 1. The van der Waals surface area contributed by atoms with E-state index in [4.69, 9.17) is 9.47 Å². The van der Waals surface area contributed by atoms with Crippen LogP contribution in [0.25, 0.3) is 5.70 Å². The molecule has 20 heavy (non-hydrogen) atoms. The van der Waals surface area contributed by atoms with Crippen LogP contribution in [0.15, 0.2) is 18.2 Å². The van der Waals surface area contributed by atoms with E-state index in [0.29, 0.717) is 48.9 Å². The Morgan fingerprint density at radius 2 is 1.90 bits per heavy atom. The fraction of sp³-hybridized carbons (Fsp3) is 0.286. The molecule has 1 aromatic rings. The van der Waals surface area contributed by atoms with Crippen LogP contribution < -0.4 is 14.8 Å². The molecule has 6 heteroatoms. The van der Waals surface area contributed by atoms with Gasteiger partial charge in [0.15, 0.2) is 11.5 Å². The van der Waals surface area contributed by atoms with E-state index in [1.807, 2.05) is 6.08 Å². The van der Waals surface area contributed by atoms with Crippen LogP contribution in [0.2, 0.25) is 0 Å². The molecule has 0 saturated carbocycles. The first-order valence-electron chi connectivity index (χ1n) is 6.30. The third kappa shape index (κ3) is 2.20. The number of amides is 1. The quantitative estimate of drug-likeness (QED) is 0.658. The average Bonchev–Trinajstić information content (AvgIpc) is 2.78. The lowest BCUT2D eigenvalue weighted by molar-refractivity contribution is -0.128. The van der Waals surface area contributed by atoms with Gasteiger partial charge in [-0.15, -0.1) is 0 Å². The van der Waals surface area contributed by atoms with Gasteiger partial charge in [0.1, 0.15) is 13.2 Å². The minimum atomic E-state index is -0.167. The van der Waals surface area contributed by atoms with E-state index in [9.17, 15) is 9.59 Å². The van der Waals surface area contributed by atoms with Crippen LogP contribution in [-0.2, 0) is 9.53 Å². The van der Waals surface area contributed by atoms with E-state index in [1.54, 1.807) is 12.1 Å². The SMILES string of the molecule is O=COCC/C=C1\NC(=O)c2cc3c(cc21)OCCO3. The third-order valence-electron chi connectivity index (χ3n) is 3.12. The molecule has 3 rings (SSSR count). The lowest BCUT2D eigenvalue weighted by Gasteiger charge is -2.18. The molecule has 0 radical (unpaired) electrons. The van der Waals surface area contributed by atoms with Crippen LogP contribution in [0.5, 0.6) is 11.5 Å². The van der Waals surface area contributed by atoms with Crippen LogP contribution in [0.1, 0.15) is 22.3 Å². The maximum Gasteiger partial charge on any atom is 0.293 e. The van der Waals surface area contributed by atoms with Gasteiger partial charge in [-0.05, 0) is 12.1 Å². The highest BCUT2D eigenvalue weighted by atomic mass is 16.6. The lowest BCUT2D eigenvalue weighted by Crippen LogP contribution is -2.16. The fourth-order valence-corrected chi connectivity index (χ4v) is 2.24. The second kappa shape index (κ2) is 5.24. The third-order valence-corrected chi connectivity index (χ3v) is 3.12. The molecule has 6 nitrogen and oxygen atoms in total. The van der Waals surface area contributed by atoms with E-state index in [0.717, 1.165) is 5.56 Å². The Morgan fingerprint density at radius 3 is 2.60 bits per heavy atom. The molecule has 0 unspecified atom stereocenters. The molecule has 1 N–H and O–H groups in total. The Hall–Kier alpha value is -2.50.